The number of benzene rings is 2. The average Bonchev–Trinajstić information content (AvgIpc) is 2.93. The van der Waals surface area contributed by atoms with Gasteiger partial charge in [-0.2, -0.15) is 0 Å². The van der Waals surface area contributed by atoms with Crippen LogP contribution in [0, 0.1) is 13.8 Å². The third kappa shape index (κ3) is 2.28. The van der Waals surface area contributed by atoms with E-state index in [0.29, 0.717) is 0 Å². The van der Waals surface area contributed by atoms with Crippen LogP contribution in [0.25, 0.3) is 22.2 Å². The lowest BCUT2D eigenvalue weighted by molar-refractivity contribution is 0.174. The van der Waals surface area contributed by atoms with Crippen LogP contribution in [0.4, 0.5) is 0 Å². The van der Waals surface area contributed by atoms with Gasteiger partial charge in [0.25, 0.3) is 0 Å². The summed E-state index contributed by atoms with van der Waals surface area (Å²) in [4.78, 5) is 4.81. The molecule has 0 bridgehead atoms. The predicted molar refractivity (Wildman–Crippen MR) is 90.0 cm³/mol. The summed E-state index contributed by atoms with van der Waals surface area (Å²) in [5, 5.41) is 1.11. The Morgan fingerprint density at radius 3 is 2.41 bits per heavy atom. The largest absolute Gasteiger partial charge is 0.454 e. The van der Waals surface area contributed by atoms with Crippen LogP contribution in [0.5, 0.6) is 11.5 Å². The van der Waals surface area contributed by atoms with Gasteiger partial charge in [-0.05, 0) is 37.1 Å². The van der Waals surface area contributed by atoms with Crippen LogP contribution in [-0.2, 0) is 0 Å². The molecule has 3 nitrogen and oxygen atoms in total. The topological polar surface area (TPSA) is 31.4 Å². The van der Waals surface area contributed by atoms with E-state index in [1.165, 1.54) is 16.7 Å². The molecule has 0 radical (unpaired) electrons. The van der Waals surface area contributed by atoms with Crippen LogP contribution < -0.4 is 9.47 Å². The fourth-order valence-corrected chi connectivity index (χ4v) is 2.78. The number of aryl methyl sites for hydroxylation is 2. The van der Waals surface area contributed by atoms with Gasteiger partial charge in [0, 0.05) is 17.0 Å². The molecule has 2 heterocycles. The number of hydrogen-bond acceptors (Lipinski definition) is 3. The molecule has 0 amide bonds. The third-order valence-electron chi connectivity index (χ3n) is 3.93. The molecule has 0 saturated heterocycles. The van der Waals surface area contributed by atoms with Crippen LogP contribution >= 0.6 is 12.4 Å². The van der Waals surface area contributed by atoms with Crippen molar-refractivity contribution in [3.63, 3.8) is 0 Å². The third-order valence-corrected chi connectivity index (χ3v) is 3.93. The standard InChI is InChI=1S/C18H15NO2.ClH/c1-11-5-3-4-6-13(11)15-7-12(2)14-8-17-18(21-10-20-17)9-16(14)19-15;/h3-9H,10H2,1-2H3;1H. The summed E-state index contributed by atoms with van der Waals surface area (Å²) in [7, 11) is 0. The van der Waals surface area contributed by atoms with Gasteiger partial charge in [-0.25, -0.2) is 4.98 Å². The number of ether oxygens (including phenoxy) is 2. The maximum Gasteiger partial charge on any atom is 0.231 e. The molecule has 4 rings (SSSR count). The lowest BCUT2D eigenvalue weighted by Gasteiger charge is -2.09. The van der Waals surface area contributed by atoms with Gasteiger partial charge >= 0.3 is 0 Å². The molecule has 4 heteroatoms. The van der Waals surface area contributed by atoms with Gasteiger partial charge in [-0.15, -0.1) is 12.4 Å². The highest BCUT2D eigenvalue weighted by molar-refractivity contribution is 5.88. The lowest BCUT2D eigenvalue weighted by atomic mass is 10.0. The van der Waals surface area contributed by atoms with E-state index in [2.05, 4.69) is 32.0 Å². The van der Waals surface area contributed by atoms with Gasteiger partial charge in [0.05, 0.1) is 11.2 Å². The number of hydrogen-bond donors (Lipinski definition) is 0. The van der Waals surface area contributed by atoms with Crippen molar-refractivity contribution in [2.45, 2.75) is 13.8 Å². The molecule has 0 N–H and O–H groups in total. The van der Waals surface area contributed by atoms with E-state index < -0.39 is 0 Å². The maximum absolute atomic E-state index is 5.45. The fourth-order valence-electron chi connectivity index (χ4n) is 2.78. The first-order valence-corrected chi connectivity index (χ1v) is 6.99. The van der Waals surface area contributed by atoms with E-state index in [9.17, 15) is 0 Å². The number of nitrogens with zero attached hydrogens (tertiary/aromatic N) is 1. The molecule has 1 aliphatic rings. The Balaban J connectivity index is 0.00000144. The second-order valence-electron chi connectivity index (χ2n) is 5.36. The van der Waals surface area contributed by atoms with Crippen molar-refractivity contribution in [1.82, 2.24) is 4.98 Å². The smallest absolute Gasteiger partial charge is 0.231 e. The van der Waals surface area contributed by atoms with Crippen LogP contribution in [0.15, 0.2) is 42.5 Å². The Bertz CT molecular complexity index is 861. The highest BCUT2D eigenvalue weighted by atomic mass is 35.5. The SMILES string of the molecule is Cc1ccccc1-c1cc(C)c2cc3c(cc2n1)OCO3.Cl. The van der Waals surface area contributed by atoms with Crippen LogP contribution in [0.1, 0.15) is 11.1 Å². The first kappa shape index (κ1) is 14.7. The van der Waals surface area contributed by atoms with E-state index in [-0.39, 0.29) is 19.2 Å². The highest BCUT2D eigenvalue weighted by Crippen LogP contribution is 2.37. The highest BCUT2D eigenvalue weighted by Gasteiger charge is 2.16. The first-order chi connectivity index (χ1) is 10.2. The molecule has 0 unspecified atom stereocenters. The Morgan fingerprint density at radius 2 is 1.64 bits per heavy atom. The number of pyridine rings is 1. The molecule has 1 aromatic heterocycles. The summed E-state index contributed by atoms with van der Waals surface area (Å²) in [5.41, 5.74) is 5.52. The number of aromatic nitrogens is 1. The van der Waals surface area contributed by atoms with Crippen molar-refractivity contribution in [2.75, 3.05) is 6.79 Å². The van der Waals surface area contributed by atoms with Crippen LogP contribution in [0.3, 0.4) is 0 Å². The molecule has 112 valence electrons. The first-order valence-electron chi connectivity index (χ1n) is 6.99. The lowest BCUT2D eigenvalue weighted by Crippen LogP contribution is -1.92. The van der Waals surface area contributed by atoms with Gasteiger partial charge in [0.2, 0.25) is 6.79 Å². The normalized spacial score (nSPS) is 12.3. The minimum absolute atomic E-state index is 0. The minimum Gasteiger partial charge on any atom is -0.454 e. The fraction of sp³-hybridized carbons (Fsp3) is 0.167. The predicted octanol–water partition coefficient (Wildman–Crippen LogP) is 4.67. The minimum atomic E-state index is 0. The van der Waals surface area contributed by atoms with Gasteiger partial charge < -0.3 is 9.47 Å². The van der Waals surface area contributed by atoms with Gasteiger partial charge in [0.15, 0.2) is 11.5 Å². The summed E-state index contributed by atoms with van der Waals surface area (Å²) in [5.74, 6) is 1.58. The monoisotopic (exact) mass is 313 g/mol. The molecular formula is C18H16ClNO2. The molecule has 22 heavy (non-hydrogen) atoms. The zero-order valence-corrected chi connectivity index (χ0v) is 13.2. The van der Waals surface area contributed by atoms with Gasteiger partial charge in [-0.3, -0.25) is 0 Å². The second kappa shape index (κ2) is 5.50. The molecular weight excluding hydrogens is 298 g/mol. The molecule has 2 aromatic carbocycles. The number of rotatable bonds is 1. The second-order valence-corrected chi connectivity index (χ2v) is 5.36. The summed E-state index contributed by atoms with van der Waals surface area (Å²) in [6, 6.07) is 14.4. The van der Waals surface area contributed by atoms with E-state index >= 15 is 0 Å². The Morgan fingerprint density at radius 1 is 0.909 bits per heavy atom. The zero-order valence-electron chi connectivity index (χ0n) is 12.4. The van der Waals surface area contributed by atoms with Crippen molar-refractivity contribution >= 4 is 23.3 Å². The van der Waals surface area contributed by atoms with Crippen molar-refractivity contribution < 1.29 is 9.47 Å². The van der Waals surface area contributed by atoms with Crippen LogP contribution in [-0.4, -0.2) is 11.8 Å². The van der Waals surface area contributed by atoms with E-state index in [4.69, 9.17) is 14.5 Å². The molecule has 3 aromatic rings. The molecule has 1 aliphatic heterocycles. The summed E-state index contributed by atoms with van der Waals surface area (Å²) in [6.07, 6.45) is 0. The molecule has 0 atom stereocenters. The van der Waals surface area contributed by atoms with Gasteiger partial charge in [-0.1, -0.05) is 24.3 Å². The van der Waals surface area contributed by atoms with Crippen LogP contribution in [0.2, 0.25) is 0 Å². The molecule has 0 fully saturated rings. The summed E-state index contributed by atoms with van der Waals surface area (Å²) >= 11 is 0. The van der Waals surface area contributed by atoms with Crippen molar-refractivity contribution in [3.8, 4) is 22.8 Å². The Kier molecular flexibility index (Phi) is 3.67. The maximum atomic E-state index is 5.45. The average molecular weight is 314 g/mol. The molecule has 0 saturated carbocycles. The number of fused-ring (bicyclic) bond motifs is 2. The van der Waals surface area contributed by atoms with Crippen molar-refractivity contribution in [3.05, 3.63) is 53.6 Å². The summed E-state index contributed by atoms with van der Waals surface area (Å²) < 4.78 is 10.9. The number of halogens is 1. The van der Waals surface area contributed by atoms with E-state index in [0.717, 1.165) is 28.1 Å². The quantitative estimate of drug-likeness (QED) is 0.654. The molecule has 0 spiro atoms. The van der Waals surface area contributed by atoms with Gasteiger partial charge in [0.1, 0.15) is 0 Å². The van der Waals surface area contributed by atoms with E-state index in [1.54, 1.807) is 0 Å². The Labute approximate surface area is 135 Å². The molecule has 0 aliphatic carbocycles. The zero-order chi connectivity index (χ0) is 14.4. The van der Waals surface area contributed by atoms with Crippen molar-refractivity contribution in [2.24, 2.45) is 0 Å². The Hall–Kier alpha value is -2.26. The van der Waals surface area contributed by atoms with Crippen molar-refractivity contribution in [1.29, 1.82) is 0 Å². The van der Waals surface area contributed by atoms with E-state index in [1.807, 2.05) is 24.3 Å². The summed E-state index contributed by atoms with van der Waals surface area (Å²) in [6.45, 7) is 4.50.